The summed E-state index contributed by atoms with van der Waals surface area (Å²) in [6.07, 6.45) is 2.84. The molecule has 3 heterocycles. The minimum absolute atomic E-state index is 0.0947. The summed E-state index contributed by atoms with van der Waals surface area (Å²) in [5, 5.41) is 10.8. The van der Waals surface area contributed by atoms with Crippen LogP contribution in [0.15, 0.2) is 24.3 Å². The molecule has 0 aliphatic carbocycles. The van der Waals surface area contributed by atoms with Crippen molar-refractivity contribution in [2.45, 2.75) is 57.7 Å². The Morgan fingerprint density at radius 2 is 2.03 bits per heavy atom. The number of H-pyrrole nitrogens is 1. The summed E-state index contributed by atoms with van der Waals surface area (Å²) in [6, 6.07) is 8.93. The van der Waals surface area contributed by atoms with E-state index in [0.29, 0.717) is 18.9 Å². The van der Waals surface area contributed by atoms with Crippen LogP contribution in [-0.2, 0) is 23.3 Å². The molecule has 2 aliphatic heterocycles. The average Bonchev–Trinajstić information content (AvgIpc) is 3.38. The Morgan fingerprint density at radius 3 is 2.71 bits per heavy atom. The summed E-state index contributed by atoms with van der Waals surface area (Å²) < 4.78 is 6.01. The molecule has 7 nitrogen and oxygen atoms in total. The lowest BCUT2D eigenvalue weighted by Gasteiger charge is -2.33. The molecule has 1 atom stereocenters. The van der Waals surface area contributed by atoms with Crippen molar-refractivity contribution in [2.24, 2.45) is 0 Å². The molecule has 1 aromatic heterocycles. The van der Waals surface area contributed by atoms with E-state index < -0.39 is 0 Å². The van der Waals surface area contributed by atoms with Gasteiger partial charge in [-0.2, -0.15) is 5.10 Å². The highest BCUT2D eigenvalue weighted by molar-refractivity contribution is 5.94. The molecule has 1 aromatic carbocycles. The number of rotatable bonds is 7. The van der Waals surface area contributed by atoms with E-state index in [2.05, 4.69) is 77.5 Å². The summed E-state index contributed by atoms with van der Waals surface area (Å²) >= 11 is 0. The zero-order valence-corrected chi connectivity index (χ0v) is 19.2. The molecule has 1 spiro atoms. The summed E-state index contributed by atoms with van der Waals surface area (Å²) in [5.74, 6) is -0.0947. The first-order chi connectivity index (χ1) is 15.0. The molecule has 0 unspecified atom stereocenters. The van der Waals surface area contributed by atoms with Crippen molar-refractivity contribution in [2.75, 3.05) is 38.7 Å². The van der Waals surface area contributed by atoms with Crippen LogP contribution in [0.5, 0.6) is 0 Å². The van der Waals surface area contributed by atoms with Gasteiger partial charge in [0.05, 0.1) is 18.9 Å². The van der Waals surface area contributed by atoms with Gasteiger partial charge in [0.15, 0.2) is 5.69 Å². The fourth-order valence-corrected chi connectivity index (χ4v) is 4.87. The highest BCUT2D eigenvalue weighted by Crippen LogP contribution is 2.40. The normalized spacial score (nSPS) is 20.9. The van der Waals surface area contributed by atoms with Crippen LogP contribution in [0.4, 0.5) is 5.69 Å². The minimum atomic E-state index is -0.113. The second-order valence-corrected chi connectivity index (χ2v) is 9.21. The molecule has 0 saturated carbocycles. The van der Waals surface area contributed by atoms with E-state index in [0.717, 1.165) is 50.2 Å². The van der Waals surface area contributed by atoms with E-state index in [4.69, 9.17) is 4.74 Å². The fraction of sp³-hybridized carbons (Fsp3) is 0.583. The van der Waals surface area contributed by atoms with Crippen LogP contribution in [0, 0.1) is 0 Å². The van der Waals surface area contributed by atoms with Crippen molar-refractivity contribution >= 4 is 11.6 Å². The van der Waals surface area contributed by atoms with Crippen molar-refractivity contribution in [3.8, 4) is 0 Å². The minimum Gasteiger partial charge on any atom is -0.378 e. The Kier molecular flexibility index (Phi) is 6.34. The van der Waals surface area contributed by atoms with Crippen LogP contribution < -0.4 is 10.2 Å². The molecule has 0 radical (unpaired) electrons. The summed E-state index contributed by atoms with van der Waals surface area (Å²) in [5.41, 5.74) is 4.94. The fourth-order valence-electron chi connectivity index (χ4n) is 4.87. The molecule has 4 rings (SSSR count). The number of aromatic nitrogens is 2. The van der Waals surface area contributed by atoms with Gasteiger partial charge in [-0.25, -0.2) is 0 Å². The highest BCUT2D eigenvalue weighted by atomic mass is 16.5. The smallest absolute Gasteiger partial charge is 0.272 e. The number of ether oxygens (including phenoxy) is 1. The van der Waals surface area contributed by atoms with Crippen LogP contribution in [0.1, 0.15) is 60.4 Å². The van der Waals surface area contributed by atoms with Crippen molar-refractivity contribution in [3.05, 3.63) is 46.8 Å². The molecule has 2 aliphatic rings. The molecule has 1 amide bonds. The van der Waals surface area contributed by atoms with Crippen LogP contribution in [-0.4, -0.2) is 60.8 Å². The Hall–Kier alpha value is -2.38. The summed E-state index contributed by atoms with van der Waals surface area (Å²) in [7, 11) is 4.12. The molecule has 1 fully saturated rings. The Balaban J connectivity index is 1.48. The number of hydrogen-bond acceptors (Lipinski definition) is 5. The number of likely N-dealkylation sites (tertiary alicyclic amines) is 1. The Bertz CT molecular complexity index is 903. The quantitative estimate of drug-likeness (QED) is 0.713. The molecular weight excluding hydrogens is 390 g/mol. The first kappa shape index (κ1) is 21.8. The maximum atomic E-state index is 12.8. The molecule has 2 aromatic rings. The zero-order chi connectivity index (χ0) is 22.0. The zero-order valence-electron chi connectivity index (χ0n) is 19.2. The molecule has 2 N–H and O–H groups in total. The van der Waals surface area contributed by atoms with E-state index in [-0.39, 0.29) is 17.4 Å². The van der Waals surface area contributed by atoms with E-state index in [1.165, 1.54) is 11.3 Å². The number of nitrogens with one attached hydrogen (secondary N) is 2. The first-order valence-corrected chi connectivity index (χ1v) is 11.4. The third-order valence-corrected chi connectivity index (χ3v) is 6.85. The second-order valence-electron chi connectivity index (χ2n) is 9.21. The van der Waals surface area contributed by atoms with Gasteiger partial charge in [0.2, 0.25) is 0 Å². The maximum absolute atomic E-state index is 12.8. The van der Waals surface area contributed by atoms with Crippen LogP contribution in [0.2, 0.25) is 0 Å². The van der Waals surface area contributed by atoms with Crippen LogP contribution >= 0.6 is 0 Å². The van der Waals surface area contributed by atoms with Crippen molar-refractivity contribution in [3.63, 3.8) is 0 Å². The number of carbonyl (C=O) groups is 1. The second kappa shape index (κ2) is 9.01. The molecule has 7 heteroatoms. The topological polar surface area (TPSA) is 73.5 Å². The number of aromatic amines is 1. The lowest BCUT2D eigenvalue weighted by Crippen LogP contribution is -2.40. The number of hydrogen-bond donors (Lipinski definition) is 2. The number of fused-ring (bicyclic) bond motifs is 2. The monoisotopic (exact) mass is 425 g/mol. The lowest BCUT2D eigenvalue weighted by molar-refractivity contribution is 0.0509. The predicted molar refractivity (Wildman–Crippen MR) is 122 cm³/mol. The van der Waals surface area contributed by atoms with Crippen molar-refractivity contribution in [1.82, 2.24) is 20.4 Å². The SMILES string of the molecule is CCC(CC)NC(=O)c1n[nH]c2c1COC[C@]21CCN(Cc2ccc(N(C)C)cc2)C1. The summed E-state index contributed by atoms with van der Waals surface area (Å²) in [4.78, 5) is 17.4. The van der Waals surface area contributed by atoms with E-state index in [1.54, 1.807) is 0 Å². The van der Waals surface area contributed by atoms with Gasteiger partial charge < -0.3 is 15.0 Å². The number of nitrogens with zero attached hydrogens (tertiary/aromatic N) is 3. The Labute approximate surface area is 185 Å². The van der Waals surface area contributed by atoms with Crippen molar-refractivity contribution < 1.29 is 9.53 Å². The molecule has 1 saturated heterocycles. The Morgan fingerprint density at radius 1 is 1.29 bits per heavy atom. The largest absolute Gasteiger partial charge is 0.378 e. The highest BCUT2D eigenvalue weighted by Gasteiger charge is 2.46. The average molecular weight is 426 g/mol. The van der Waals surface area contributed by atoms with Gasteiger partial charge in [0, 0.05) is 49.9 Å². The maximum Gasteiger partial charge on any atom is 0.272 e. The predicted octanol–water partition coefficient (Wildman–Crippen LogP) is 3.07. The van der Waals surface area contributed by atoms with Crippen molar-refractivity contribution in [1.29, 1.82) is 0 Å². The van der Waals surface area contributed by atoms with E-state index in [9.17, 15) is 4.79 Å². The molecule has 31 heavy (non-hydrogen) atoms. The van der Waals surface area contributed by atoms with Gasteiger partial charge >= 0.3 is 0 Å². The first-order valence-electron chi connectivity index (χ1n) is 11.4. The number of amides is 1. The number of anilines is 1. The summed E-state index contributed by atoms with van der Waals surface area (Å²) in [6.45, 7) is 8.14. The van der Waals surface area contributed by atoms with Gasteiger partial charge in [-0.3, -0.25) is 14.8 Å². The van der Waals surface area contributed by atoms with E-state index >= 15 is 0 Å². The van der Waals surface area contributed by atoms with Gasteiger partial charge in [-0.15, -0.1) is 0 Å². The van der Waals surface area contributed by atoms with E-state index in [1.807, 2.05) is 0 Å². The third kappa shape index (κ3) is 4.34. The lowest BCUT2D eigenvalue weighted by atomic mass is 9.80. The molecular formula is C24H35N5O2. The van der Waals surface area contributed by atoms with Gasteiger partial charge in [0.1, 0.15) is 0 Å². The van der Waals surface area contributed by atoms with Crippen LogP contribution in [0.3, 0.4) is 0 Å². The third-order valence-electron chi connectivity index (χ3n) is 6.85. The van der Waals surface area contributed by atoms with Gasteiger partial charge in [-0.05, 0) is 43.5 Å². The number of benzene rings is 1. The molecule has 168 valence electrons. The number of carbonyl (C=O) groups excluding carboxylic acids is 1. The van der Waals surface area contributed by atoms with Crippen LogP contribution in [0.25, 0.3) is 0 Å². The standard InChI is InChI=1S/C24H35N5O2/c1-5-18(6-2)25-23(30)21-20-14-31-16-24(22(20)27-26-21)11-12-29(15-24)13-17-7-9-19(10-8-17)28(3)4/h7-10,18H,5-6,11-16H2,1-4H3,(H,25,30)(H,26,27)/t24-/m1/s1. The molecule has 0 bridgehead atoms. The van der Waals surface area contributed by atoms with Gasteiger partial charge in [0.25, 0.3) is 5.91 Å². The van der Waals surface area contributed by atoms with Gasteiger partial charge in [-0.1, -0.05) is 26.0 Å².